The van der Waals surface area contributed by atoms with Crippen LogP contribution in [-0.4, -0.2) is 12.1 Å². The second kappa shape index (κ2) is 7.24. The molecule has 108 valence electrons. The molecular weight excluding hydrogens is 348 g/mol. The second-order valence-corrected chi connectivity index (χ2v) is 5.09. The minimum Gasteiger partial charge on any atom is -1.00 e. The molecule has 0 saturated carbocycles. The first-order valence-corrected chi connectivity index (χ1v) is 7.16. The third kappa shape index (κ3) is 3.62. The standard InChI is InChI=1S/C16H14N2OS.BrH/c1-19-15-10-6-5-9-13(15)17-16-18-14(11-20-16)12-7-3-2-4-8-12;/h2-11H,1H3,(H,17,18);1H/p-1. The van der Waals surface area contributed by atoms with E-state index in [4.69, 9.17) is 4.74 Å². The summed E-state index contributed by atoms with van der Waals surface area (Å²) in [5.74, 6) is 0.809. The summed E-state index contributed by atoms with van der Waals surface area (Å²) in [6.45, 7) is 0. The van der Waals surface area contributed by atoms with Crippen molar-refractivity contribution < 1.29 is 21.7 Å². The first-order valence-electron chi connectivity index (χ1n) is 6.28. The summed E-state index contributed by atoms with van der Waals surface area (Å²) >= 11 is 1.58. The first-order chi connectivity index (χ1) is 9.86. The van der Waals surface area contributed by atoms with Crippen LogP contribution in [0.5, 0.6) is 5.75 Å². The number of anilines is 2. The highest BCUT2D eigenvalue weighted by atomic mass is 79.9. The molecule has 0 atom stereocenters. The van der Waals surface area contributed by atoms with Gasteiger partial charge in [0.25, 0.3) is 0 Å². The molecule has 0 amide bonds. The van der Waals surface area contributed by atoms with Gasteiger partial charge in [-0.25, -0.2) is 4.98 Å². The zero-order valence-corrected chi connectivity index (χ0v) is 13.8. The number of para-hydroxylation sites is 2. The van der Waals surface area contributed by atoms with E-state index in [1.807, 2.05) is 47.8 Å². The molecule has 0 fully saturated rings. The lowest BCUT2D eigenvalue weighted by atomic mass is 10.2. The van der Waals surface area contributed by atoms with E-state index in [0.29, 0.717) is 0 Å². The van der Waals surface area contributed by atoms with Crippen LogP contribution in [0.3, 0.4) is 0 Å². The van der Waals surface area contributed by atoms with Gasteiger partial charge in [-0.05, 0) is 12.1 Å². The molecule has 3 rings (SSSR count). The van der Waals surface area contributed by atoms with Crippen LogP contribution in [0.15, 0.2) is 60.0 Å². The highest BCUT2D eigenvalue weighted by Gasteiger charge is 2.06. The normalized spacial score (nSPS) is 9.76. The van der Waals surface area contributed by atoms with E-state index in [0.717, 1.165) is 27.8 Å². The largest absolute Gasteiger partial charge is 1.00 e. The molecule has 0 radical (unpaired) electrons. The molecule has 21 heavy (non-hydrogen) atoms. The van der Waals surface area contributed by atoms with Crippen LogP contribution in [0.4, 0.5) is 10.8 Å². The van der Waals surface area contributed by atoms with Gasteiger partial charge >= 0.3 is 0 Å². The molecule has 3 nitrogen and oxygen atoms in total. The molecule has 1 N–H and O–H groups in total. The van der Waals surface area contributed by atoms with Crippen LogP contribution >= 0.6 is 11.3 Å². The maximum absolute atomic E-state index is 5.32. The van der Waals surface area contributed by atoms with E-state index in [1.165, 1.54) is 0 Å². The minimum absolute atomic E-state index is 0. The molecule has 1 heterocycles. The number of aromatic nitrogens is 1. The molecule has 0 unspecified atom stereocenters. The van der Waals surface area contributed by atoms with Gasteiger partial charge in [-0.15, -0.1) is 11.3 Å². The van der Waals surface area contributed by atoms with Crippen molar-refractivity contribution in [3.05, 3.63) is 60.0 Å². The Morgan fingerprint density at radius 2 is 1.71 bits per heavy atom. The van der Waals surface area contributed by atoms with Crippen molar-refractivity contribution in [2.75, 3.05) is 12.4 Å². The van der Waals surface area contributed by atoms with Gasteiger partial charge < -0.3 is 27.0 Å². The highest BCUT2D eigenvalue weighted by Crippen LogP contribution is 2.30. The molecule has 3 aromatic rings. The Morgan fingerprint density at radius 3 is 2.48 bits per heavy atom. The lowest BCUT2D eigenvalue weighted by Gasteiger charge is -2.07. The molecule has 5 heteroatoms. The fourth-order valence-electron chi connectivity index (χ4n) is 1.94. The SMILES string of the molecule is COc1ccccc1Nc1nc(-c2ccccc2)cs1.[Br-]. The van der Waals surface area contributed by atoms with E-state index in [2.05, 4.69) is 22.4 Å². The van der Waals surface area contributed by atoms with E-state index in [1.54, 1.807) is 18.4 Å². The predicted molar refractivity (Wildman–Crippen MR) is 83.8 cm³/mol. The molecule has 0 aliphatic carbocycles. The van der Waals surface area contributed by atoms with Gasteiger partial charge in [-0.1, -0.05) is 42.5 Å². The van der Waals surface area contributed by atoms with Crippen LogP contribution in [0.25, 0.3) is 11.3 Å². The Hall–Kier alpha value is -1.85. The van der Waals surface area contributed by atoms with Gasteiger partial charge in [-0.3, -0.25) is 0 Å². The second-order valence-electron chi connectivity index (χ2n) is 4.23. The lowest BCUT2D eigenvalue weighted by molar-refractivity contribution is -0.00000419. The third-order valence-electron chi connectivity index (χ3n) is 2.92. The first kappa shape index (κ1) is 15.5. The van der Waals surface area contributed by atoms with Crippen molar-refractivity contribution in [1.82, 2.24) is 4.98 Å². The van der Waals surface area contributed by atoms with E-state index in [9.17, 15) is 0 Å². The number of rotatable bonds is 4. The Labute approximate surface area is 138 Å². The molecule has 2 aromatic carbocycles. The lowest BCUT2D eigenvalue weighted by Crippen LogP contribution is -3.00. The number of ether oxygens (including phenoxy) is 1. The average Bonchev–Trinajstić information content (AvgIpc) is 2.97. The number of nitrogens with one attached hydrogen (secondary N) is 1. The number of thiazole rings is 1. The molecule has 0 spiro atoms. The summed E-state index contributed by atoms with van der Waals surface area (Å²) in [6, 6.07) is 18.0. The van der Waals surface area contributed by atoms with Crippen LogP contribution in [0.1, 0.15) is 0 Å². The summed E-state index contributed by atoms with van der Waals surface area (Å²) in [7, 11) is 1.66. The molecule has 1 aromatic heterocycles. The van der Waals surface area contributed by atoms with Crippen molar-refractivity contribution in [2.24, 2.45) is 0 Å². The maximum atomic E-state index is 5.32. The molecular formula is C16H14BrN2OS-. The molecule has 0 aliphatic heterocycles. The number of benzene rings is 2. The Morgan fingerprint density at radius 1 is 1.00 bits per heavy atom. The minimum atomic E-state index is 0. The smallest absolute Gasteiger partial charge is 0.187 e. The van der Waals surface area contributed by atoms with Gasteiger partial charge in [0.05, 0.1) is 18.5 Å². The zero-order chi connectivity index (χ0) is 13.8. The van der Waals surface area contributed by atoms with Crippen molar-refractivity contribution in [1.29, 1.82) is 0 Å². The maximum Gasteiger partial charge on any atom is 0.187 e. The van der Waals surface area contributed by atoms with Crippen LogP contribution in [-0.2, 0) is 0 Å². The number of hydrogen-bond donors (Lipinski definition) is 1. The number of nitrogens with zero attached hydrogens (tertiary/aromatic N) is 1. The zero-order valence-electron chi connectivity index (χ0n) is 11.4. The fourth-order valence-corrected chi connectivity index (χ4v) is 2.67. The topological polar surface area (TPSA) is 34.1 Å². The van der Waals surface area contributed by atoms with Crippen LogP contribution < -0.4 is 27.0 Å². The summed E-state index contributed by atoms with van der Waals surface area (Å²) in [5.41, 5.74) is 3.02. The fraction of sp³-hybridized carbons (Fsp3) is 0.0625. The quantitative estimate of drug-likeness (QED) is 0.765. The van der Waals surface area contributed by atoms with Gasteiger partial charge in [-0.2, -0.15) is 0 Å². The van der Waals surface area contributed by atoms with Gasteiger partial charge in [0.2, 0.25) is 0 Å². The summed E-state index contributed by atoms with van der Waals surface area (Å²) in [5, 5.41) is 6.20. The monoisotopic (exact) mass is 361 g/mol. The Balaban J connectivity index is 0.00000161. The van der Waals surface area contributed by atoms with Gasteiger partial charge in [0, 0.05) is 10.9 Å². The number of hydrogen-bond acceptors (Lipinski definition) is 4. The summed E-state index contributed by atoms with van der Waals surface area (Å²) < 4.78 is 5.32. The number of halogens is 1. The molecule has 0 saturated heterocycles. The van der Waals surface area contributed by atoms with Crippen molar-refractivity contribution >= 4 is 22.2 Å². The number of methoxy groups -OCH3 is 1. The van der Waals surface area contributed by atoms with Crippen molar-refractivity contribution in [3.8, 4) is 17.0 Å². The van der Waals surface area contributed by atoms with E-state index in [-0.39, 0.29) is 17.0 Å². The van der Waals surface area contributed by atoms with Crippen LogP contribution in [0, 0.1) is 0 Å². The van der Waals surface area contributed by atoms with E-state index >= 15 is 0 Å². The van der Waals surface area contributed by atoms with Gasteiger partial charge in [0.1, 0.15) is 5.75 Å². The summed E-state index contributed by atoms with van der Waals surface area (Å²) in [4.78, 5) is 4.60. The van der Waals surface area contributed by atoms with Crippen molar-refractivity contribution in [3.63, 3.8) is 0 Å². The average molecular weight is 362 g/mol. The predicted octanol–water partition coefficient (Wildman–Crippen LogP) is 1.57. The molecule has 0 bridgehead atoms. The summed E-state index contributed by atoms with van der Waals surface area (Å²) in [6.07, 6.45) is 0. The third-order valence-corrected chi connectivity index (χ3v) is 3.68. The van der Waals surface area contributed by atoms with E-state index < -0.39 is 0 Å². The van der Waals surface area contributed by atoms with Crippen molar-refractivity contribution in [2.45, 2.75) is 0 Å². The van der Waals surface area contributed by atoms with Gasteiger partial charge in [0.15, 0.2) is 5.13 Å². The van der Waals surface area contributed by atoms with Crippen LogP contribution in [0.2, 0.25) is 0 Å². The Bertz CT molecular complexity index is 700. The highest BCUT2D eigenvalue weighted by molar-refractivity contribution is 7.14. The Kier molecular flexibility index (Phi) is 5.36. The molecule has 0 aliphatic rings.